The molecule has 0 aromatic carbocycles. The lowest BCUT2D eigenvalue weighted by atomic mass is 9.71. The monoisotopic (exact) mass is 212 g/mol. The van der Waals surface area contributed by atoms with Gasteiger partial charge in [0.05, 0.1) is 5.41 Å². The van der Waals surface area contributed by atoms with Crippen molar-refractivity contribution < 1.29 is 9.59 Å². The summed E-state index contributed by atoms with van der Waals surface area (Å²) < 4.78 is 0. The molecule has 0 radical (unpaired) electrons. The molecule has 0 aliphatic carbocycles. The number of hydrogen-bond donors (Lipinski definition) is 0. The minimum atomic E-state index is -0.767. The Balaban J connectivity index is 5.02. The molecule has 1 unspecified atom stereocenters. The molecule has 0 rings (SSSR count). The van der Waals surface area contributed by atoms with Crippen LogP contribution in [0.1, 0.15) is 54.4 Å². The summed E-state index contributed by atoms with van der Waals surface area (Å²) >= 11 is 0. The number of carbonyl (C=O) groups excluding carboxylic acids is 2. The Morgan fingerprint density at radius 1 is 1.13 bits per heavy atom. The zero-order chi connectivity index (χ0) is 12.2. The van der Waals surface area contributed by atoms with Crippen molar-refractivity contribution in [3.05, 3.63) is 0 Å². The van der Waals surface area contributed by atoms with Gasteiger partial charge < -0.3 is 0 Å². The number of Topliss-reactive ketones (excluding diaryl/α,β-unsaturated/α-hetero) is 2. The van der Waals surface area contributed by atoms with Gasteiger partial charge in [0, 0.05) is 12.3 Å². The van der Waals surface area contributed by atoms with Gasteiger partial charge in [0.25, 0.3) is 0 Å². The lowest BCUT2D eigenvalue weighted by molar-refractivity contribution is -0.142. The number of ketones is 2. The van der Waals surface area contributed by atoms with E-state index in [1.165, 1.54) is 0 Å². The molecule has 2 nitrogen and oxygen atoms in total. The molecule has 0 amide bonds. The average Bonchev–Trinajstić information content (AvgIpc) is 2.13. The molecule has 0 N–H and O–H groups in total. The Hall–Kier alpha value is -0.660. The molecule has 88 valence electrons. The van der Waals surface area contributed by atoms with Gasteiger partial charge in [0.2, 0.25) is 0 Å². The fourth-order valence-corrected chi connectivity index (χ4v) is 2.20. The van der Waals surface area contributed by atoms with Crippen molar-refractivity contribution in [1.82, 2.24) is 0 Å². The van der Waals surface area contributed by atoms with E-state index < -0.39 is 5.41 Å². The van der Waals surface area contributed by atoms with Crippen LogP contribution in [-0.2, 0) is 9.59 Å². The van der Waals surface area contributed by atoms with Crippen LogP contribution in [-0.4, -0.2) is 11.6 Å². The number of hydrogen-bond acceptors (Lipinski definition) is 2. The van der Waals surface area contributed by atoms with E-state index >= 15 is 0 Å². The molecule has 0 aliphatic rings. The van der Waals surface area contributed by atoms with Crippen molar-refractivity contribution in [2.24, 2.45) is 17.3 Å². The third-order valence-corrected chi connectivity index (χ3v) is 2.82. The van der Waals surface area contributed by atoms with E-state index in [1.807, 2.05) is 20.8 Å². The molecule has 0 spiro atoms. The molecule has 1 atom stereocenters. The SMILES string of the molecule is CCC(=O)C(C)(CC(C)C)C(=O)C(C)C. The van der Waals surface area contributed by atoms with E-state index in [-0.39, 0.29) is 17.5 Å². The molecule has 0 fully saturated rings. The fraction of sp³-hybridized carbons (Fsp3) is 0.846. The van der Waals surface area contributed by atoms with Gasteiger partial charge >= 0.3 is 0 Å². The van der Waals surface area contributed by atoms with Crippen LogP contribution < -0.4 is 0 Å². The normalized spacial score (nSPS) is 15.5. The summed E-state index contributed by atoms with van der Waals surface area (Å²) in [5.74, 6) is 0.468. The van der Waals surface area contributed by atoms with E-state index in [0.717, 1.165) is 0 Å². The lowest BCUT2D eigenvalue weighted by Crippen LogP contribution is -2.40. The van der Waals surface area contributed by atoms with Crippen LogP contribution in [0, 0.1) is 17.3 Å². The topological polar surface area (TPSA) is 34.1 Å². The molecular formula is C13H24O2. The molecule has 0 bridgehead atoms. The van der Waals surface area contributed by atoms with Crippen LogP contribution in [0.5, 0.6) is 0 Å². The second-order valence-corrected chi connectivity index (χ2v) is 5.23. The lowest BCUT2D eigenvalue weighted by Gasteiger charge is -2.29. The van der Waals surface area contributed by atoms with Gasteiger partial charge in [-0.3, -0.25) is 9.59 Å². The number of carbonyl (C=O) groups is 2. The van der Waals surface area contributed by atoms with Gasteiger partial charge in [-0.15, -0.1) is 0 Å². The molecule has 2 heteroatoms. The smallest absolute Gasteiger partial charge is 0.148 e. The summed E-state index contributed by atoms with van der Waals surface area (Å²) in [7, 11) is 0. The van der Waals surface area contributed by atoms with E-state index in [4.69, 9.17) is 0 Å². The summed E-state index contributed by atoms with van der Waals surface area (Å²) in [6.45, 7) is 11.5. The largest absolute Gasteiger partial charge is 0.299 e. The van der Waals surface area contributed by atoms with Gasteiger partial charge in [-0.25, -0.2) is 0 Å². The van der Waals surface area contributed by atoms with Gasteiger partial charge in [-0.1, -0.05) is 34.6 Å². The predicted molar refractivity (Wildman–Crippen MR) is 62.7 cm³/mol. The molecule has 0 aromatic heterocycles. The fourth-order valence-electron chi connectivity index (χ4n) is 2.20. The quantitative estimate of drug-likeness (QED) is 0.633. The molecule has 0 heterocycles. The Bertz CT molecular complexity index is 241. The third-order valence-electron chi connectivity index (χ3n) is 2.82. The van der Waals surface area contributed by atoms with Gasteiger partial charge in [0.15, 0.2) is 0 Å². The molecule has 0 saturated heterocycles. The molecular weight excluding hydrogens is 188 g/mol. The Kier molecular flexibility index (Phi) is 5.19. The summed E-state index contributed by atoms with van der Waals surface area (Å²) in [6, 6.07) is 0. The highest BCUT2D eigenvalue weighted by Crippen LogP contribution is 2.32. The summed E-state index contributed by atoms with van der Waals surface area (Å²) in [5.41, 5.74) is -0.767. The average molecular weight is 212 g/mol. The third kappa shape index (κ3) is 3.44. The molecule has 0 aromatic rings. The summed E-state index contributed by atoms with van der Waals surface area (Å²) in [6.07, 6.45) is 1.11. The van der Waals surface area contributed by atoms with Crippen LogP contribution in [0.4, 0.5) is 0 Å². The zero-order valence-corrected chi connectivity index (χ0v) is 10.9. The molecule has 15 heavy (non-hydrogen) atoms. The first kappa shape index (κ1) is 14.3. The van der Waals surface area contributed by atoms with Crippen molar-refractivity contribution >= 4 is 11.6 Å². The predicted octanol–water partition coefficient (Wildman–Crippen LogP) is 3.24. The Morgan fingerprint density at radius 3 is 1.87 bits per heavy atom. The molecule has 0 aliphatic heterocycles. The van der Waals surface area contributed by atoms with Gasteiger partial charge in [-0.05, 0) is 19.3 Å². The number of rotatable bonds is 6. The minimum absolute atomic E-state index is 0.0655. The highest BCUT2D eigenvalue weighted by molar-refractivity contribution is 6.07. The highest BCUT2D eigenvalue weighted by atomic mass is 16.2. The van der Waals surface area contributed by atoms with E-state index in [9.17, 15) is 9.59 Å². The standard InChI is InChI=1S/C13H24O2/c1-7-11(14)13(6,8-9(2)3)12(15)10(4)5/h9-10H,7-8H2,1-6H3. The maximum Gasteiger partial charge on any atom is 0.148 e. The van der Waals surface area contributed by atoms with E-state index in [1.54, 1.807) is 6.92 Å². The van der Waals surface area contributed by atoms with Crippen LogP contribution in [0.15, 0.2) is 0 Å². The van der Waals surface area contributed by atoms with Crippen molar-refractivity contribution in [2.45, 2.75) is 54.4 Å². The Labute approximate surface area is 93.4 Å². The van der Waals surface area contributed by atoms with E-state index in [2.05, 4.69) is 13.8 Å². The maximum absolute atomic E-state index is 12.1. The van der Waals surface area contributed by atoms with Gasteiger partial charge in [0.1, 0.15) is 11.6 Å². The van der Waals surface area contributed by atoms with E-state index in [0.29, 0.717) is 18.8 Å². The highest BCUT2D eigenvalue weighted by Gasteiger charge is 2.40. The van der Waals surface area contributed by atoms with Crippen LogP contribution >= 0.6 is 0 Å². The van der Waals surface area contributed by atoms with Crippen LogP contribution in [0.3, 0.4) is 0 Å². The van der Waals surface area contributed by atoms with Crippen molar-refractivity contribution in [2.75, 3.05) is 0 Å². The minimum Gasteiger partial charge on any atom is -0.299 e. The van der Waals surface area contributed by atoms with Crippen molar-refractivity contribution in [3.8, 4) is 0 Å². The van der Waals surface area contributed by atoms with Crippen LogP contribution in [0.25, 0.3) is 0 Å². The van der Waals surface area contributed by atoms with Crippen molar-refractivity contribution in [3.63, 3.8) is 0 Å². The first-order chi connectivity index (χ1) is 6.75. The summed E-state index contributed by atoms with van der Waals surface area (Å²) in [4.78, 5) is 24.0. The maximum atomic E-state index is 12.1. The molecule has 0 saturated carbocycles. The first-order valence-corrected chi connectivity index (χ1v) is 5.83. The second-order valence-electron chi connectivity index (χ2n) is 5.23. The van der Waals surface area contributed by atoms with Gasteiger partial charge in [-0.2, -0.15) is 0 Å². The second kappa shape index (κ2) is 5.43. The van der Waals surface area contributed by atoms with Crippen molar-refractivity contribution in [1.29, 1.82) is 0 Å². The van der Waals surface area contributed by atoms with Crippen LogP contribution in [0.2, 0.25) is 0 Å². The summed E-state index contributed by atoms with van der Waals surface area (Å²) in [5, 5.41) is 0. The zero-order valence-electron chi connectivity index (χ0n) is 10.9. The first-order valence-electron chi connectivity index (χ1n) is 5.83. The Morgan fingerprint density at radius 2 is 1.60 bits per heavy atom.